The minimum Gasteiger partial charge on any atom is -0.504 e. The Labute approximate surface area is 336 Å². The molecule has 1 aromatic rings. The first-order valence-corrected chi connectivity index (χ1v) is 21.8. The van der Waals surface area contributed by atoms with Crippen LogP contribution in [0.2, 0.25) is 0 Å². The Balaban J connectivity index is 1.21. The average Bonchev–Trinajstić information content (AvgIpc) is 3.75. The Morgan fingerprint density at radius 2 is 1.70 bits per heavy atom. The van der Waals surface area contributed by atoms with Gasteiger partial charge < -0.3 is 50.9 Å². The van der Waals surface area contributed by atoms with Gasteiger partial charge in [0.2, 0.25) is 0 Å². The number of ketones is 1. The summed E-state index contributed by atoms with van der Waals surface area (Å²) in [4.78, 5) is 14.9. The maximum atomic E-state index is 14.9. The van der Waals surface area contributed by atoms with Crippen molar-refractivity contribution in [1.29, 1.82) is 0 Å². The number of phenols is 2. The predicted octanol–water partition coefficient (Wildman–Crippen LogP) is 3.99. The lowest BCUT2D eigenvalue weighted by molar-refractivity contribution is -0.252. The number of nitrogens with one attached hydrogen (secondary N) is 1. The molecule has 57 heavy (non-hydrogen) atoms. The molecule has 1 heterocycles. The highest BCUT2D eigenvalue weighted by atomic mass is 16.6. The summed E-state index contributed by atoms with van der Waals surface area (Å²) in [5, 5.41) is 98.6. The van der Waals surface area contributed by atoms with Crippen molar-refractivity contribution < 1.29 is 50.4 Å². The summed E-state index contributed by atoms with van der Waals surface area (Å²) in [6.45, 7) is 11.4. The molecule has 9 N–H and O–H groups in total. The van der Waals surface area contributed by atoms with E-state index >= 15 is 0 Å². The van der Waals surface area contributed by atoms with Crippen LogP contribution < -0.4 is 5.32 Å². The van der Waals surface area contributed by atoms with Gasteiger partial charge in [0.1, 0.15) is 11.2 Å². The number of likely N-dealkylation sites (N-methyl/N-ethyl adjacent to an activating group) is 1. The third-order valence-electron chi connectivity index (χ3n) is 18.4. The van der Waals surface area contributed by atoms with Crippen LogP contribution in [0.5, 0.6) is 11.5 Å². The summed E-state index contributed by atoms with van der Waals surface area (Å²) in [5.74, 6) is -4.24. The van der Waals surface area contributed by atoms with E-state index in [0.29, 0.717) is 30.5 Å². The van der Waals surface area contributed by atoms with Crippen molar-refractivity contribution in [2.45, 2.75) is 146 Å². The second-order valence-corrected chi connectivity index (χ2v) is 20.8. The molecule has 8 aliphatic carbocycles. The molecular weight excluding hydrogens is 727 g/mol. The van der Waals surface area contributed by atoms with Gasteiger partial charge in [-0.25, -0.2) is 0 Å². The molecule has 1 aromatic carbocycles. The first-order chi connectivity index (χ1) is 26.8. The zero-order chi connectivity index (χ0) is 40.9. The molecule has 1 saturated heterocycles. The first-order valence-electron chi connectivity index (χ1n) is 21.8. The number of aromatic hydroxyl groups is 2. The van der Waals surface area contributed by atoms with E-state index in [1.165, 1.54) is 12.1 Å². The summed E-state index contributed by atoms with van der Waals surface area (Å²) in [7, 11) is 0. The van der Waals surface area contributed by atoms with Crippen LogP contribution in [0.3, 0.4) is 0 Å². The molecule has 314 valence electrons. The number of aliphatic hydroxyl groups excluding tert-OH is 4. The highest BCUT2D eigenvalue weighted by molar-refractivity contribution is 5.96. The van der Waals surface area contributed by atoms with Crippen molar-refractivity contribution in [2.75, 3.05) is 19.7 Å². The molecule has 6 fully saturated rings. The molecule has 0 aromatic heterocycles. The molecule has 16 unspecified atom stereocenters. The van der Waals surface area contributed by atoms with Crippen LogP contribution in [0, 0.1) is 51.2 Å². The Kier molecular flexibility index (Phi) is 9.02. The number of allylic oxidation sites excluding steroid dienone is 2. The van der Waals surface area contributed by atoms with Gasteiger partial charge in [0.25, 0.3) is 0 Å². The number of ether oxygens (including phenoxy) is 1. The number of fused-ring (bicyclic) bond motifs is 10. The number of hydrogen-bond acceptors (Lipinski definition) is 11. The topological polar surface area (TPSA) is 200 Å². The van der Waals surface area contributed by atoms with Gasteiger partial charge in [-0.15, -0.1) is 0 Å². The zero-order valence-electron chi connectivity index (χ0n) is 34.2. The number of carbonyl (C=O) groups is 1. The fraction of sp³-hybridized carbons (Fsp3) is 0.761. The van der Waals surface area contributed by atoms with E-state index in [4.69, 9.17) is 4.74 Å². The van der Waals surface area contributed by atoms with Gasteiger partial charge in [-0.2, -0.15) is 0 Å². The van der Waals surface area contributed by atoms with Crippen molar-refractivity contribution in [1.82, 2.24) is 5.32 Å². The Hall–Kier alpha value is -2.35. The fourth-order valence-corrected chi connectivity index (χ4v) is 16.2. The largest absolute Gasteiger partial charge is 0.504 e. The number of hydrogen-bond donors (Lipinski definition) is 9. The molecular formula is C46H65NO10. The van der Waals surface area contributed by atoms with Gasteiger partial charge in [-0.05, 0) is 102 Å². The first kappa shape index (κ1) is 40.1. The Morgan fingerprint density at radius 1 is 0.982 bits per heavy atom. The smallest absolute Gasteiger partial charge is 0.160 e. The van der Waals surface area contributed by atoms with Crippen LogP contribution in [0.25, 0.3) is 0 Å². The molecule has 2 bridgehead atoms. The fourth-order valence-electron chi connectivity index (χ4n) is 16.2. The van der Waals surface area contributed by atoms with E-state index in [1.54, 1.807) is 12.1 Å². The average molecular weight is 792 g/mol. The summed E-state index contributed by atoms with van der Waals surface area (Å²) < 4.78 is 7.40. The molecule has 0 radical (unpaired) electrons. The lowest BCUT2D eigenvalue weighted by atomic mass is 9.37. The van der Waals surface area contributed by atoms with Crippen LogP contribution in [0.15, 0.2) is 41.5 Å². The third-order valence-corrected chi connectivity index (χ3v) is 18.4. The van der Waals surface area contributed by atoms with E-state index in [-0.39, 0.29) is 66.3 Å². The van der Waals surface area contributed by atoms with Crippen molar-refractivity contribution >= 4 is 5.78 Å². The van der Waals surface area contributed by atoms with Crippen molar-refractivity contribution in [3.63, 3.8) is 0 Å². The Morgan fingerprint density at radius 3 is 2.37 bits per heavy atom. The molecule has 11 nitrogen and oxygen atoms in total. The Bertz CT molecular complexity index is 1890. The van der Waals surface area contributed by atoms with Crippen molar-refractivity contribution in [3.8, 4) is 11.5 Å². The molecule has 16 atom stereocenters. The highest BCUT2D eigenvalue weighted by Crippen LogP contribution is 2.79. The summed E-state index contributed by atoms with van der Waals surface area (Å²) >= 11 is 0. The quantitative estimate of drug-likeness (QED) is 0.149. The number of aliphatic hydroxyl groups is 6. The van der Waals surface area contributed by atoms with E-state index in [2.05, 4.69) is 32.2 Å². The maximum Gasteiger partial charge on any atom is 0.160 e. The summed E-state index contributed by atoms with van der Waals surface area (Å²) in [5.41, 5.74) is -5.30. The van der Waals surface area contributed by atoms with Crippen LogP contribution >= 0.6 is 0 Å². The second kappa shape index (κ2) is 12.8. The van der Waals surface area contributed by atoms with Gasteiger partial charge in [-0.1, -0.05) is 65.2 Å². The molecule has 2 spiro atoms. The molecule has 10 rings (SSSR count). The van der Waals surface area contributed by atoms with Crippen LogP contribution in [-0.4, -0.2) is 108 Å². The minimum atomic E-state index is -1.74. The second-order valence-electron chi connectivity index (χ2n) is 20.8. The normalized spacial score (nSPS) is 50.6. The number of carbonyl (C=O) groups excluding carboxylic acids is 1. The number of benzene rings is 1. The third kappa shape index (κ3) is 4.86. The van der Waals surface area contributed by atoms with E-state index in [9.17, 15) is 45.6 Å². The van der Waals surface area contributed by atoms with E-state index in [1.807, 2.05) is 13.8 Å². The number of phenolic OH excluding ortho intramolecular Hbond substituents is 2. The van der Waals surface area contributed by atoms with Gasteiger partial charge >= 0.3 is 0 Å². The van der Waals surface area contributed by atoms with Crippen LogP contribution in [0.4, 0.5) is 0 Å². The van der Waals surface area contributed by atoms with Gasteiger partial charge in [0.15, 0.2) is 17.3 Å². The SMILES string of the molecule is CCNCC1=CC2(C)CCC1C1(OC3CC4(O)C5=CC(=O)C6C(c7ccc(O)c(O)c7)C(O)C(O)CC6(C)C5C5(CCCC5)CC4(C)C3C1(O)CCO)C(O)C2C. The lowest BCUT2D eigenvalue weighted by Crippen LogP contribution is -2.71. The van der Waals surface area contributed by atoms with E-state index in [0.717, 1.165) is 44.2 Å². The van der Waals surface area contributed by atoms with Gasteiger partial charge in [0.05, 0.1) is 30.0 Å². The molecule has 9 aliphatic rings. The molecule has 0 amide bonds. The molecule has 11 heteroatoms. The highest BCUT2D eigenvalue weighted by Gasteiger charge is 2.84. The lowest BCUT2D eigenvalue weighted by Gasteiger charge is -2.68. The van der Waals surface area contributed by atoms with Crippen molar-refractivity contribution in [2.24, 2.45) is 51.2 Å². The predicted molar refractivity (Wildman–Crippen MR) is 211 cm³/mol. The zero-order valence-corrected chi connectivity index (χ0v) is 34.2. The number of rotatable bonds is 6. The maximum absolute atomic E-state index is 14.9. The molecule has 1 aliphatic heterocycles. The summed E-state index contributed by atoms with van der Waals surface area (Å²) in [6.07, 6.45) is 5.47. The van der Waals surface area contributed by atoms with Crippen molar-refractivity contribution in [3.05, 3.63) is 47.1 Å². The summed E-state index contributed by atoms with van der Waals surface area (Å²) in [6, 6.07) is 4.30. The monoisotopic (exact) mass is 791 g/mol. The molecule has 5 saturated carbocycles. The van der Waals surface area contributed by atoms with Crippen LogP contribution in [0.1, 0.15) is 110 Å². The standard InChI is InChI=1S/C46H65NO10/c1-6-47-22-26-19-40(3)14-11-27(26)46(39(54)24(40)2)44(55,15-16-48)38-33(57-46)21-45(56)28-18-31(51)35-34(25-9-10-29(49)30(50)17-25)36(53)32(52)20-41(35,4)37(28)43(12-7-8-13-43)23-42(38,45)5/h9-10,17-19,24,27,32-39,47-50,52-56H,6-8,11-16,20-23H2,1-5H3. The van der Waals surface area contributed by atoms with E-state index < -0.39 is 75.2 Å². The van der Waals surface area contributed by atoms with Crippen LogP contribution in [-0.2, 0) is 9.53 Å². The minimum absolute atomic E-state index is 0.0370. The van der Waals surface area contributed by atoms with Gasteiger partial charge in [0, 0.05) is 55.1 Å². The van der Waals surface area contributed by atoms with Gasteiger partial charge in [-0.3, -0.25) is 4.79 Å².